The number of thioether (sulfide) groups is 1. The lowest BCUT2D eigenvalue weighted by atomic mass is 10.2. The van der Waals surface area contributed by atoms with Crippen molar-refractivity contribution in [2.75, 3.05) is 5.75 Å². The molecule has 0 bridgehead atoms. The largest absolute Gasteiger partial charge is 0.467 e. The minimum absolute atomic E-state index is 0.0600. The fraction of sp³-hybridized carbons (Fsp3) is 0.294. The van der Waals surface area contributed by atoms with Gasteiger partial charge in [-0.1, -0.05) is 0 Å². The second-order valence-corrected chi connectivity index (χ2v) is 6.94. The molecule has 3 rings (SSSR count). The summed E-state index contributed by atoms with van der Waals surface area (Å²) in [7, 11) is 0. The van der Waals surface area contributed by atoms with Crippen LogP contribution in [0.3, 0.4) is 0 Å². The van der Waals surface area contributed by atoms with Gasteiger partial charge in [-0.15, -0.1) is 11.8 Å². The van der Waals surface area contributed by atoms with E-state index in [1.54, 1.807) is 17.2 Å². The molecule has 26 heavy (non-hydrogen) atoms. The normalized spacial score (nSPS) is 13.4. The van der Waals surface area contributed by atoms with Crippen LogP contribution in [0.5, 0.6) is 0 Å². The number of nitrogens with two attached hydrogens (primary N) is 1. The van der Waals surface area contributed by atoms with E-state index in [1.807, 2.05) is 6.07 Å². The molecule has 0 radical (unpaired) electrons. The van der Waals surface area contributed by atoms with Crippen LogP contribution in [0.25, 0.3) is 0 Å². The highest BCUT2D eigenvalue weighted by molar-refractivity contribution is 8.00. The van der Waals surface area contributed by atoms with Crippen LogP contribution in [0.4, 0.5) is 5.69 Å². The van der Waals surface area contributed by atoms with Gasteiger partial charge in [0.1, 0.15) is 5.76 Å². The molecule has 8 nitrogen and oxygen atoms in total. The summed E-state index contributed by atoms with van der Waals surface area (Å²) >= 11 is 1.07. The lowest BCUT2D eigenvalue weighted by molar-refractivity contribution is -0.387. The summed E-state index contributed by atoms with van der Waals surface area (Å²) in [5.41, 5.74) is 4.99. The molecule has 2 aromatic rings. The first-order chi connectivity index (χ1) is 12.5. The van der Waals surface area contributed by atoms with Crippen molar-refractivity contribution < 1.29 is 18.9 Å². The van der Waals surface area contributed by atoms with E-state index in [0.717, 1.165) is 30.7 Å². The Morgan fingerprint density at radius 2 is 2.12 bits per heavy atom. The molecule has 0 atom stereocenters. The molecule has 0 spiro atoms. The van der Waals surface area contributed by atoms with Crippen molar-refractivity contribution in [1.82, 2.24) is 4.90 Å². The lowest BCUT2D eigenvalue weighted by Gasteiger charge is -2.21. The van der Waals surface area contributed by atoms with Crippen LogP contribution in [-0.4, -0.2) is 33.4 Å². The van der Waals surface area contributed by atoms with E-state index in [1.165, 1.54) is 12.1 Å². The molecule has 0 saturated heterocycles. The van der Waals surface area contributed by atoms with Gasteiger partial charge in [0.05, 0.1) is 28.4 Å². The Morgan fingerprint density at radius 3 is 2.69 bits per heavy atom. The van der Waals surface area contributed by atoms with Crippen molar-refractivity contribution in [2.45, 2.75) is 30.3 Å². The maximum absolute atomic E-state index is 12.6. The van der Waals surface area contributed by atoms with Gasteiger partial charge in [-0.3, -0.25) is 19.7 Å². The minimum atomic E-state index is -0.737. The summed E-state index contributed by atoms with van der Waals surface area (Å²) in [6, 6.07) is 7.78. The number of carbonyl (C=O) groups is 2. The van der Waals surface area contributed by atoms with Gasteiger partial charge in [0.25, 0.3) is 5.69 Å². The van der Waals surface area contributed by atoms with Crippen molar-refractivity contribution in [1.29, 1.82) is 0 Å². The Hall–Kier alpha value is -2.81. The number of nitro benzene ring substituents is 1. The van der Waals surface area contributed by atoms with Crippen molar-refractivity contribution >= 4 is 29.3 Å². The average molecular weight is 375 g/mol. The van der Waals surface area contributed by atoms with Crippen LogP contribution in [0.15, 0.2) is 45.9 Å². The number of amides is 2. The predicted molar refractivity (Wildman–Crippen MR) is 94.6 cm³/mol. The Labute approximate surface area is 153 Å². The van der Waals surface area contributed by atoms with Gasteiger partial charge in [0.15, 0.2) is 0 Å². The zero-order chi connectivity index (χ0) is 18.7. The zero-order valence-corrected chi connectivity index (χ0v) is 14.6. The zero-order valence-electron chi connectivity index (χ0n) is 13.8. The number of benzene rings is 1. The third kappa shape index (κ3) is 4.23. The van der Waals surface area contributed by atoms with Gasteiger partial charge in [0.2, 0.25) is 11.8 Å². The molecule has 0 aliphatic heterocycles. The quantitative estimate of drug-likeness (QED) is 0.430. The van der Waals surface area contributed by atoms with Crippen molar-refractivity contribution in [3.63, 3.8) is 0 Å². The van der Waals surface area contributed by atoms with E-state index >= 15 is 0 Å². The number of nitro groups is 1. The summed E-state index contributed by atoms with van der Waals surface area (Å²) in [6.07, 6.45) is 3.46. The molecule has 1 aliphatic carbocycles. The van der Waals surface area contributed by atoms with E-state index in [2.05, 4.69) is 0 Å². The fourth-order valence-electron chi connectivity index (χ4n) is 2.54. The number of carbonyl (C=O) groups excluding carboxylic acids is 2. The lowest BCUT2D eigenvalue weighted by Crippen LogP contribution is -2.33. The molecule has 2 N–H and O–H groups in total. The molecule has 2 amide bonds. The third-order valence-electron chi connectivity index (χ3n) is 4.01. The number of furan rings is 1. The highest BCUT2D eigenvalue weighted by Gasteiger charge is 2.33. The van der Waals surface area contributed by atoms with Crippen LogP contribution in [0, 0.1) is 10.1 Å². The van der Waals surface area contributed by atoms with E-state index in [9.17, 15) is 19.7 Å². The SMILES string of the molecule is NC(=O)c1ccc(SCC(=O)N(Cc2ccco2)C2CC2)c([N+](=O)[O-])c1. The molecule has 1 aromatic heterocycles. The fourth-order valence-corrected chi connectivity index (χ4v) is 3.43. The summed E-state index contributed by atoms with van der Waals surface area (Å²) in [5.74, 6) is -0.0816. The Balaban J connectivity index is 1.70. The molecule has 1 heterocycles. The first-order valence-electron chi connectivity index (χ1n) is 7.98. The van der Waals surface area contributed by atoms with Crippen LogP contribution in [0.2, 0.25) is 0 Å². The van der Waals surface area contributed by atoms with Gasteiger partial charge < -0.3 is 15.1 Å². The predicted octanol–water partition coefficient (Wildman–Crippen LogP) is 2.57. The number of nitrogens with zero attached hydrogens (tertiary/aromatic N) is 2. The molecular weight excluding hydrogens is 358 g/mol. The summed E-state index contributed by atoms with van der Waals surface area (Å²) < 4.78 is 5.31. The maximum Gasteiger partial charge on any atom is 0.283 e. The Bertz CT molecular complexity index is 833. The number of rotatable bonds is 8. The molecule has 136 valence electrons. The van der Waals surface area contributed by atoms with Crippen LogP contribution in [-0.2, 0) is 11.3 Å². The molecule has 1 aliphatic rings. The van der Waals surface area contributed by atoms with Crippen molar-refractivity contribution in [2.24, 2.45) is 5.73 Å². The van der Waals surface area contributed by atoms with Gasteiger partial charge in [-0.05, 0) is 37.1 Å². The summed E-state index contributed by atoms with van der Waals surface area (Å²) in [6.45, 7) is 0.389. The second kappa shape index (κ2) is 7.61. The standard InChI is InChI=1S/C17H17N3O5S/c18-17(22)11-3-6-15(14(8-11)20(23)24)26-10-16(21)19(12-4-5-12)9-13-2-1-7-25-13/h1-3,6-8,12H,4-5,9-10H2,(H2,18,22). The van der Waals surface area contributed by atoms with Gasteiger partial charge >= 0.3 is 0 Å². The highest BCUT2D eigenvalue weighted by atomic mass is 32.2. The second-order valence-electron chi connectivity index (χ2n) is 5.92. The smallest absolute Gasteiger partial charge is 0.283 e. The first-order valence-corrected chi connectivity index (χ1v) is 8.97. The highest BCUT2D eigenvalue weighted by Crippen LogP contribution is 2.33. The summed E-state index contributed by atoms with van der Waals surface area (Å²) in [5, 5.41) is 11.2. The number of primary amides is 1. The van der Waals surface area contributed by atoms with E-state index in [-0.39, 0.29) is 29.0 Å². The van der Waals surface area contributed by atoms with Crippen LogP contribution in [0.1, 0.15) is 29.0 Å². The maximum atomic E-state index is 12.6. The monoisotopic (exact) mass is 375 g/mol. The molecular formula is C17H17N3O5S. The molecule has 1 aromatic carbocycles. The van der Waals surface area contributed by atoms with E-state index < -0.39 is 10.8 Å². The molecule has 0 unspecified atom stereocenters. The first kappa shape index (κ1) is 18.0. The van der Waals surface area contributed by atoms with Crippen LogP contribution >= 0.6 is 11.8 Å². The Morgan fingerprint density at radius 1 is 1.35 bits per heavy atom. The molecule has 1 saturated carbocycles. The third-order valence-corrected chi connectivity index (χ3v) is 5.05. The van der Waals surface area contributed by atoms with Crippen LogP contribution < -0.4 is 5.73 Å². The van der Waals surface area contributed by atoms with E-state index in [4.69, 9.17) is 10.2 Å². The van der Waals surface area contributed by atoms with Crippen molar-refractivity contribution in [3.05, 3.63) is 58.0 Å². The average Bonchev–Trinajstić information content (AvgIpc) is 3.32. The van der Waals surface area contributed by atoms with Gasteiger partial charge in [-0.2, -0.15) is 0 Å². The minimum Gasteiger partial charge on any atom is -0.467 e. The Kier molecular flexibility index (Phi) is 5.27. The number of hydrogen-bond donors (Lipinski definition) is 1. The van der Waals surface area contributed by atoms with Gasteiger partial charge in [0, 0.05) is 17.7 Å². The topological polar surface area (TPSA) is 120 Å². The number of hydrogen-bond acceptors (Lipinski definition) is 6. The summed E-state index contributed by atoms with van der Waals surface area (Å²) in [4.78, 5) is 36.5. The van der Waals surface area contributed by atoms with Gasteiger partial charge in [-0.25, -0.2) is 0 Å². The molecule has 9 heteroatoms. The van der Waals surface area contributed by atoms with E-state index in [0.29, 0.717) is 17.2 Å². The molecule has 1 fully saturated rings. The van der Waals surface area contributed by atoms with Crippen molar-refractivity contribution in [3.8, 4) is 0 Å².